The van der Waals surface area contributed by atoms with E-state index in [9.17, 15) is 0 Å². The molecule has 0 fully saturated rings. The number of amidine groups is 1. The largest absolute Gasteiger partial charge is 0.483 e. The SMILES string of the molecule is C=C(NC(=NC)/C(P)=C\C)OC. The molecule has 0 aliphatic rings. The van der Waals surface area contributed by atoms with Crippen molar-refractivity contribution in [2.24, 2.45) is 4.99 Å². The summed E-state index contributed by atoms with van der Waals surface area (Å²) in [4.78, 5) is 4.02. The van der Waals surface area contributed by atoms with Gasteiger partial charge in [0, 0.05) is 12.4 Å². The molecular formula is C8H15N2OP. The van der Waals surface area contributed by atoms with Crippen molar-refractivity contribution in [2.45, 2.75) is 6.92 Å². The Balaban J connectivity index is 4.31. The molecule has 0 heterocycles. The minimum atomic E-state index is 0.484. The molecule has 1 unspecified atom stereocenters. The Bertz CT molecular complexity index is 221. The third-order valence-corrected chi connectivity index (χ3v) is 1.92. The molecule has 0 bridgehead atoms. The van der Waals surface area contributed by atoms with Crippen molar-refractivity contribution in [1.29, 1.82) is 0 Å². The number of ether oxygens (including phenoxy) is 1. The lowest BCUT2D eigenvalue weighted by molar-refractivity contribution is 0.278. The fraction of sp³-hybridized carbons (Fsp3) is 0.375. The summed E-state index contributed by atoms with van der Waals surface area (Å²) in [6, 6.07) is 0. The molecule has 0 aromatic heterocycles. The summed E-state index contributed by atoms with van der Waals surface area (Å²) in [5, 5.41) is 3.89. The van der Waals surface area contributed by atoms with E-state index < -0.39 is 0 Å². The fourth-order valence-electron chi connectivity index (χ4n) is 0.577. The van der Waals surface area contributed by atoms with Gasteiger partial charge in [0.25, 0.3) is 0 Å². The summed E-state index contributed by atoms with van der Waals surface area (Å²) in [6.07, 6.45) is 1.93. The summed E-state index contributed by atoms with van der Waals surface area (Å²) in [7, 11) is 5.84. The van der Waals surface area contributed by atoms with E-state index in [2.05, 4.69) is 26.1 Å². The summed E-state index contributed by atoms with van der Waals surface area (Å²) >= 11 is 0. The van der Waals surface area contributed by atoms with Gasteiger partial charge in [0.15, 0.2) is 5.88 Å². The first kappa shape index (κ1) is 11.2. The van der Waals surface area contributed by atoms with E-state index in [1.807, 2.05) is 13.0 Å². The molecule has 0 aliphatic carbocycles. The molecule has 0 aromatic carbocycles. The van der Waals surface area contributed by atoms with Crippen molar-refractivity contribution >= 4 is 15.1 Å². The van der Waals surface area contributed by atoms with Crippen LogP contribution in [0, 0.1) is 0 Å². The van der Waals surface area contributed by atoms with Gasteiger partial charge in [-0.2, -0.15) is 0 Å². The predicted octanol–water partition coefficient (Wildman–Crippen LogP) is 1.50. The van der Waals surface area contributed by atoms with Gasteiger partial charge in [-0.25, -0.2) is 0 Å². The fourth-order valence-corrected chi connectivity index (χ4v) is 0.778. The van der Waals surface area contributed by atoms with E-state index in [0.29, 0.717) is 5.88 Å². The van der Waals surface area contributed by atoms with Gasteiger partial charge in [0.1, 0.15) is 5.84 Å². The Labute approximate surface area is 75.8 Å². The van der Waals surface area contributed by atoms with Crippen LogP contribution in [0.3, 0.4) is 0 Å². The molecule has 0 saturated carbocycles. The maximum Gasteiger partial charge on any atom is 0.184 e. The van der Waals surface area contributed by atoms with Crippen molar-refractivity contribution in [3.63, 3.8) is 0 Å². The molecule has 0 aromatic rings. The van der Waals surface area contributed by atoms with Crippen LogP contribution in [-0.2, 0) is 4.74 Å². The average molecular weight is 186 g/mol. The molecule has 68 valence electrons. The zero-order valence-electron chi connectivity index (χ0n) is 7.72. The maximum atomic E-state index is 4.85. The van der Waals surface area contributed by atoms with E-state index in [0.717, 1.165) is 11.1 Å². The molecule has 1 N–H and O–H groups in total. The van der Waals surface area contributed by atoms with Crippen molar-refractivity contribution in [2.75, 3.05) is 14.2 Å². The number of nitrogens with zero attached hydrogens (tertiary/aromatic N) is 1. The molecule has 12 heavy (non-hydrogen) atoms. The van der Waals surface area contributed by atoms with Crippen LogP contribution in [0.1, 0.15) is 6.92 Å². The minimum absolute atomic E-state index is 0.484. The van der Waals surface area contributed by atoms with Gasteiger partial charge in [-0.05, 0) is 13.5 Å². The molecule has 0 spiro atoms. The zero-order chi connectivity index (χ0) is 9.56. The molecule has 0 saturated heterocycles. The Morgan fingerprint density at radius 2 is 2.25 bits per heavy atom. The highest BCUT2D eigenvalue weighted by molar-refractivity contribution is 7.25. The van der Waals surface area contributed by atoms with E-state index in [-0.39, 0.29) is 0 Å². The van der Waals surface area contributed by atoms with Crippen LogP contribution in [0.15, 0.2) is 28.8 Å². The topological polar surface area (TPSA) is 33.6 Å². The van der Waals surface area contributed by atoms with E-state index in [4.69, 9.17) is 4.74 Å². The third-order valence-electron chi connectivity index (χ3n) is 1.31. The van der Waals surface area contributed by atoms with Crippen molar-refractivity contribution in [1.82, 2.24) is 5.32 Å². The third kappa shape index (κ3) is 3.54. The van der Waals surface area contributed by atoms with Gasteiger partial charge in [-0.15, -0.1) is 9.24 Å². The lowest BCUT2D eigenvalue weighted by Crippen LogP contribution is -2.23. The van der Waals surface area contributed by atoms with Crippen molar-refractivity contribution < 1.29 is 4.74 Å². The van der Waals surface area contributed by atoms with Crippen molar-refractivity contribution in [3.05, 3.63) is 23.9 Å². The first-order valence-electron chi connectivity index (χ1n) is 3.54. The van der Waals surface area contributed by atoms with Crippen LogP contribution < -0.4 is 5.32 Å². The average Bonchev–Trinajstić information content (AvgIpc) is 2.12. The molecule has 1 atom stereocenters. The Morgan fingerprint density at radius 3 is 2.58 bits per heavy atom. The smallest absolute Gasteiger partial charge is 0.184 e. The monoisotopic (exact) mass is 186 g/mol. The van der Waals surface area contributed by atoms with Crippen LogP contribution in [0.5, 0.6) is 0 Å². The van der Waals surface area contributed by atoms with Crippen LogP contribution in [0.4, 0.5) is 0 Å². The van der Waals surface area contributed by atoms with E-state index in [1.165, 1.54) is 0 Å². The summed E-state index contributed by atoms with van der Waals surface area (Å²) < 4.78 is 4.85. The highest BCUT2D eigenvalue weighted by Crippen LogP contribution is 2.06. The molecule has 0 aliphatic heterocycles. The van der Waals surface area contributed by atoms with Crippen molar-refractivity contribution in [3.8, 4) is 0 Å². The Kier molecular flexibility index (Phi) is 5.39. The van der Waals surface area contributed by atoms with Gasteiger partial charge in [0.05, 0.1) is 7.11 Å². The second-order valence-corrected chi connectivity index (χ2v) is 2.69. The van der Waals surface area contributed by atoms with Crippen LogP contribution >= 0.6 is 9.24 Å². The van der Waals surface area contributed by atoms with E-state index in [1.54, 1.807) is 14.2 Å². The maximum absolute atomic E-state index is 4.85. The van der Waals surface area contributed by atoms with Gasteiger partial charge in [-0.3, -0.25) is 4.99 Å². The molecule has 0 radical (unpaired) electrons. The Hall–Kier alpha value is -0.820. The van der Waals surface area contributed by atoms with Crippen LogP contribution in [0.25, 0.3) is 0 Å². The highest BCUT2D eigenvalue weighted by atomic mass is 31.0. The zero-order valence-corrected chi connectivity index (χ0v) is 8.87. The summed E-state index contributed by atoms with van der Waals surface area (Å²) in [5.41, 5.74) is 0. The summed E-state index contributed by atoms with van der Waals surface area (Å²) in [5.74, 6) is 1.23. The van der Waals surface area contributed by atoms with Crippen LogP contribution in [0.2, 0.25) is 0 Å². The molecule has 4 heteroatoms. The number of nitrogens with one attached hydrogen (secondary N) is 1. The first-order valence-corrected chi connectivity index (χ1v) is 4.12. The second-order valence-electron chi connectivity index (χ2n) is 2.07. The predicted molar refractivity (Wildman–Crippen MR) is 56.1 cm³/mol. The van der Waals surface area contributed by atoms with Gasteiger partial charge < -0.3 is 10.1 Å². The minimum Gasteiger partial charge on any atom is -0.483 e. The quantitative estimate of drug-likeness (QED) is 0.313. The standard InChI is InChI=1S/C8H15N2OP/c1-5-7(12)8(9-3)10-6(2)11-4/h5H,2,12H2,1,3-4H3,(H,9,10)/b7-5+. The normalized spacial score (nSPS) is 12.7. The van der Waals surface area contributed by atoms with E-state index >= 15 is 0 Å². The molecular weight excluding hydrogens is 171 g/mol. The molecule has 0 amide bonds. The Morgan fingerprint density at radius 1 is 1.67 bits per heavy atom. The number of methoxy groups -OCH3 is 1. The van der Waals surface area contributed by atoms with Gasteiger partial charge >= 0.3 is 0 Å². The summed E-state index contributed by atoms with van der Waals surface area (Å²) in [6.45, 7) is 5.56. The number of aliphatic imine (C=N–C) groups is 1. The number of allylic oxidation sites excluding steroid dienone is 1. The lowest BCUT2D eigenvalue weighted by atomic mass is 10.4. The number of rotatable bonds is 3. The molecule has 0 rings (SSSR count). The lowest BCUT2D eigenvalue weighted by Gasteiger charge is -2.09. The second kappa shape index (κ2) is 5.78. The molecule has 3 nitrogen and oxygen atoms in total. The van der Waals surface area contributed by atoms with Gasteiger partial charge in [-0.1, -0.05) is 6.08 Å². The van der Waals surface area contributed by atoms with Crippen LogP contribution in [-0.4, -0.2) is 20.0 Å². The highest BCUT2D eigenvalue weighted by Gasteiger charge is 2.00. The number of hydrogen-bond donors (Lipinski definition) is 1. The van der Waals surface area contributed by atoms with Gasteiger partial charge in [0.2, 0.25) is 0 Å². The first-order chi connectivity index (χ1) is 5.65. The number of hydrogen-bond acceptors (Lipinski definition) is 2.